The molecule has 3 rings (SSSR count). The quantitative estimate of drug-likeness (QED) is 0.723. The van der Waals surface area contributed by atoms with Gasteiger partial charge in [0, 0.05) is 36.3 Å². The van der Waals surface area contributed by atoms with E-state index in [1.807, 2.05) is 0 Å². The highest BCUT2D eigenvalue weighted by atomic mass is 31.0. The Labute approximate surface area is 161 Å². The second kappa shape index (κ2) is 8.00. The first-order chi connectivity index (χ1) is 12.7. The molecule has 2 aliphatic rings. The van der Waals surface area contributed by atoms with Crippen molar-refractivity contribution in [1.82, 2.24) is 0 Å². The van der Waals surface area contributed by atoms with Crippen molar-refractivity contribution >= 4 is 20.9 Å². The SMILES string of the molecule is O=C(O)CC1CCC2(CC1)CCN(c1cc(C(F)(F)P)ccc1CO)CC2. The largest absolute Gasteiger partial charge is 0.481 e. The number of benzene rings is 1. The standard InChI is InChI=1S/C20H28F2NO3P/c21-20(22,27)16-2-1-15(13-24)17(12-16)23-9-7-19(8-10-23)5-3-14(4-6-19)11-18(25)26/h1-2,12,14,24H,3-11,13,27H2,(H,25,26). The molecule has 0 radical (unpaired) electrons. The molecule has 4 nitrogen and oxygen atoms in total. The molecule has 0 bridgehead atoms. The van der Waals surface area contributed by atoms with Crippen molar-refractivity contribution in [2.75, 3.05) is 18.0 Å². The highest BCUT2D eigenvalue weighted by Gasteiger charge is 2.39. The lowest BCUT2D eigenvalue weighted by Gasteiger charge is -2.47. The van der Waals surface area contributed by atoms with Crippen molar-refractivity contribution < 1.29 is 23.8 Å². The predicted molar refractivity (Wildman–Crippen MR) is 104 cm³/mol. The summed E-state index contributed by atoms with van der Waals surface area (Å²) in [7, 11) is 1.57. The van der Waals surface area contributed by atoms with E-state index < -0.39 is 11.6 Å². The zero-order valence-corrected chi connectivity index (χ0v) is 16.6. The summed E-state index contributed by atoms with van der Waals surface area (Å²) < 4.78 is 27.4. The lowest BCUT2D eigenvalue weighted by atomic mass is 9.65. The fraction of sp³-hybridized carbons (Fsp3) is 0.650. The van der Waals surface area contributed by atoms with Gasteiger partial charge in [0.2, 0.25) is 0 Å². The van der Waals surface area contributed by atoms with Gasteiger partial charge in [-0.3, -0.25) is 4.79 Å². The molecule has 1 heterocycles. The van der Waals surface area contributed by atoms with Gasteiger partial charge in [0.1, 0.15) is 0 Å². The lowest BCUT2D eigenvalue weighted by Crippen LogP contribution is -2.42. The molecule has 0 amide bonds. The second-order valence-corrected chi connectivity index (χ2v) is 8.88. The molecule has 1 saturated heterocycles. The smallest absolute Gasteiger partial charge is 0.303 e. The van der Waals surface area contributed by atoms with Crippen LogP contribution in [0.5, 0.6) is 0 Å². The number of carboxylic acids is 1. The van der Waals surface area contributed by atoms with E-state index in [1.165, 1.54) is 12.1 Å². The summed E-state index contributed by atoms with van der Waals surface area (Å²) in [5.74, 6) is -0.429. The molecule has 1 saturated carbocycles. The molecule has 7 heteroatoms. The molecule has 27 heavy (non-hydrogen) atoms. The molecule has 1 aromatic rings. The maximum absolute atomic E-state index is 13.7. The Morgan fingerprint density at radius 3 is 2.37 bits per heavy atom. The third kappa shape index (κ3) is 4.78. The zero-order valence-electron chi connectivity index (χ0n) is 15.5. The normalized spacial score (nSPS) is 20.8. The molecule has 0 aromatic heterocycles. The molecule has 2 fully saturated rings. The number of halogens is 2. The minimum absolute atomic E-state index is 0.0610. The molecular formula is C20H28F2NO3P. The van der Waals surface area contributed by atoms with Gasteiger partial charge in [0.25, 0.3) is 5.66 Å². The van der Waals surface area contributed by atoms with E-state index in [4.69, 9.17) is 5.11 Å². The van der Waals surface area contributed by atoms with E-state index in [-0.39, 0.29) is 29.9 Å². The van der Waals surface area contributed by atoms with Crippen LogP contribution in [0.3, 0.4) is 0 Å². The summed E-state index contributed by atoms with van der Waals surface area (Å²) in [5, 5.41) is 18.6. The van der Waals surface area contributed by atoms with Crippen molar-refractivity contribution in [1.29, 1.82) is 0 Å². The third-order valence-electron chi connectivity index (χ3n) is 6.43. The Morgan fingerprint density at radius 2 is 1.85 bits per heavy atom. The highest BCUT2D eigenvalue weighted by molar-refractivity contribution is 7.17. The van der Waals surface area contributed by atoms with E-state index >= 15 is 0 Å². The predicted octanol–water partition coefficient (Wildman–Crippen LogP) is 4.35. The minimum atomic E-state index is -2.98. The van der Waals surface area contributed by atoms with Crippen LogP contribution in [0, 0.1) is 11.3 Å². The summed E-state index contributed by atoms with van der Waals surface area (Å²) in [6.45, 7) is 1.39. The lowest BCUT2D eigenvalue weighted by molar-refractivity contribution is -0.138. The first-order valence-corrected chi connectivity index (χ1v) is 10.2. The second-order valence-electron chi connectivity index (χ2n) is 8.15. The number of aliphatic hydroxyl groups excluding tert-OH is 1. The number of carbonyl (C=O) groups is 1. The van der Waals surface area contributed by atoms with Gasteiger partial charge in [-0.2, -0.15) is 8.78 Å². The van der Waals surface area contributed by atoms with Gasteiger partial charge in [-0.25, -0.2) is 0 Å². The van der Waals surface area contributed by atoms with E-state index in [9.17, 15) is 18.7 Å². The number of aliphatic hydroxyl groups is 1. The molecule has 1 aliphatic heterocycles. The highest BCUT2D eigenvalue weighted by Crippen LogP contribution is 2.48. The Balaban J connectivity index is 1.67. The van der Waals surface area contributed by atoms with Crippen molar-refractivity contribution in [3.05, 3.63) is 29.3 Å². The van der Waals surface area contributed by atoms with Crippen LogP contribution < -0.4 is 4.90 Å². The molecule has 2 N–H and O–H groups in total. The van der Waals surface area contributed by atoms with Gasteiger partial charge < -0.3 is 15.1 Å². The molecule has 150 valence electrons. The van der Waals surface area contributed by atoms with Crippen LogP contribution >= 0.6 is 9.24 Å². The van der Waals surface area contributed by atoms with Crippen LogP contribution in [-0.4, -0.2) is 29.3 Å². The van der Waals surface area contributed by atoms with Gasteiger partial charge in [0.15, 0.2) is 0 Å². The first-order valence-electron chi connectivity index (χ1n) is 9.60. The van der Waals surface area contributed by atoms with Gasteiger partial charge in [0.05, 0.1) is 6.61 Å². The fourth-order valence-corrected chi connectivity index (χ4v) is 4.84. The Hall–Kier alpha value is -1.26. The van der Waals surface area contributed by atoms with Crippen molar-refractivity contribution in [3.63, 3.8) is 0 Å². The van der Waals surface area contributed by atoms with Gasteiger partial charge in [-0.15, -0.1) is 0 Å². The summed E-state index contributed by atoms with van der Waals surface area (Å²) in [6.07, 6.45) is 6.26. The molecule has 1 unspecified atom stereocenters. The number of hydrogen-bond donors (Lipinski definition) is 2. The number of alkyl halides is 2. The first kappa shape index (κ1) is 20.5. The fourth-order valence-electron chi connectivity index (χ4n) is 4.66. The Morgan fingerprint density at radius 1 is 1.22 bits per heavy atom. The number of rotatable bonds is 5. The number of nitrogens with zero attached hydrogens (tertiary/aromatic N) is 1. The Bertz CT molecular complexity index is 674. The summed E-state index contributed by atoms with van der Waals surface area (Å²) in [5.41, 5.74) is -1.41. The van der Waals surface area contributed by atoms with E-state index in [0.717, 1.165) is 51.6 Å². The van der Waals surface area contributed by atoms with Crippen LogP contribution in [0.25, 0.3) is 0 Å². The molecule has 1 atom stereocenters. The van der Waals surface area contributed by atoms with Crippen LogP contribution in [0.2, 0.25) is 0 Å². The molecular weight excluding hydrogens is 371 g/mol. The van der Waals surface area contributed by atoms with Crippen LogP contribution in [0.1, 0.15) is 56.1 Å². The van der Waals surface area contributed by atoms with Crippen molar-refractivity contribution in [2.45, 2.75) is 57.2 Å². The van der Waals surface area contributed by atoms with Crippen molar-refractivity contribution in [3.8, 4) is 0 Å². The number of hydrogen-bond acceptors (Lipinski definition) is 3. The number of carboxylic acid groups (broad SMARTS) is 1. The molecule has 1 aromatic carbocycles. The Kier molecular flexibility index (Phi) is 6.07. The summed E-state index contributed by atoms with van der Waals surface area (Å²) in [6, 6.07) is 4.46. The van der Waals surface area contributed by atoms with Crippen LogP contribution in [0.15, 0.2) is 18.2 Å². The van der Waals surface area contributed by atoms with Gasteiger partial charge in [-0.05, 0) is 55.9 Å². The van der Waals surface area contributed by atoms with E-state index in [1.54, 1.807) is 15.3 Å². The maximum atomic E-state index is 13.7. The number of piperidine rings is 1. The van der Waals surface area contributed by atoms with Crippen LogP contribution in [0.4, 0.5) is 14.5 Å². The average Bonchev–Trinajstić information content (AvgIpc) is 2.63. The minimum Gasteiger partial charge on any atom is -0.481 e. The van der Waals surface area contributed by atoms with Crippen LogP contribution in [-0.2, 0) is 17.1 Å². The summed E-state index contributed by atoms with van der Waals surface area (Å²) >= 11 is 0. The van der Waals surface area contributed by atoms with E-state index in [2.05, 4.69) is 4.90 Å². The summed E-state index contributed by atoms with van der Waals surface area (Å²) in [4.78, 5) is 13.0. The zero-order chi connectivity index (χ0) is 19.7. The van der Waals surface area contributed by atoms with Gasteiger partial charge >= 0.3 is 5.97 Å². The molecule has 1 spiro atoms. The number of aliphatic carboxylic acids is 1. The average molecular weight is 399 g/mol. The van der Waals surface area contributed by atoms with Gasteiger partial charge in [-0.1, -0.05) is 21.4 Å². The topological polar surface area (TPSA) is 60.8 Å². The third-order valence-corrected chi connectivity index (χ3v) is 6.77. The maximum Gasteiger partial charge on any atom is 0.303 e. The molecule has 1 aliphatic carbocycles. The monoisotopic (exact) mass is 399 g/mol. The van der Waals surface area contributed by atoms with Crippen molar-refractivity contribution in [2.24, 2.45) is 11.3 Å². The number of anilines is 1. The van der Waals surface area contributed by atoms with E-state index in [0.29, 0.717) is 11.3 Å².